The number of nitrogens with one attached hydrogen (secondary N) is 1. The van der Waals surface area contributed by atoms with Crippen LogP contribution in [0.5, 0.6) is 0 Å². The average Bonchev–Trinajstić information content (AvgIpc) is 3.23. The molecule has 0 bridgehead atoms. The lowest BCUT2D eigenvalue weighted by molar-refractivity contribution is -0.870. The van der Waals surface area contributed by atoms with Crippen LogP contribution in [0, 0.1) is 0 Å². The topological polar surface area (TPSA) is 108 Å². The lowest BCUT2D eigenvalue weighted by Gasteiger charge is -2.29. The number of aliphatic hydroxyl groups is 1. The third-order valence-corrected chi connectivity index (χ3v) is 11.3. The van der Waals surface area contributed by atoms with Crippen LogP contribution in [-0.2, 0) is 18.4 Å². The van der Waals surface area contributed by atoms with Gasteiger partial charge in [0.15, 0.2) is 0 Å². The zero-order valence-electron chi connectivity index (χ0n) is 40.3. The van der Waals surface area contributed by atoms with Crippen LogP contribution in [0.1, 0.15) is 181 Å². The minimum absolute atomic E-state index is 0.00730. The summed E-state index contributed by atoms with van der Waals surface area (Å²) >= 11 is 0. The summed E-state index contributed by atoms with van der Waals surface area (Å²) in [5, 5.41) is 13.7. The van der Waals surface area contributed by atoms with E-state index in [0.717, 1.165) is 89.9 Å². The van der Waals surface area contributed by atoms with E-state index < -0.39 is 20.0 Å². The lowest BCUT2D eigenvalue weighted by atomic mass is 10.0. The largest absolute Gasteiger partial charge is 0.756 e. The van der Waals surface area contributed by atoms with Gasteiger partial charge >= 0.3 is 0 Å². The quantitative estimate of drug-likeness (QED) is 0.0273. The van der Waals surface area contributed by atoms with Gasteiger partial charge in [0.1, 0.15) is 13.2 Å². The second kappa shape index (κ2) is 43.7. The fourth-order valence-corrected chi connectivity index (χ4v) is 7.15. The molecule has 0 radical (unpaired) electrons. The summed E-state index contributed by atoms with van der Waals surface area (Å²) in [6.07, 6.45) is 61.9. The predicted molar refractivity (Wildman–Crippen MR) is 265 cm³/mol. The molecule has 2 N–H and O–H groups in total. The van der Waals surface area contributed by atoms with Crippen molar-refractivity contribution in [1.82, 2.24) is 5.32 Å². The Balaban J connectivity index is 4.15. The summed E-state index contributed by atoms with van der Waals surface area (Å²) in [4.78, 5) is 25.3. The number of quaternary nitrogens is 1. The molecule has 0 aliphatic heterocycles. The standard InChI is InChI=1S/C53H93N2O6P/c1-6-8-10-12-14-16-17-18-19-20-21-22-23-24-25-26-27-28-29-30-31-32-33-34-35-36-37-39-41-43-45-47-53(57)54-51(50-61-62(58,59)60-49-48-55(3,4)5)52(56)46-44-42-40-38-15-13-11-9-7-2/h8,10,14,16,18-19,21-22,24-25,27-28,30-31,44,46,51-52,56H,6-7,9,11-13,15,17,20,23,26,29,32-43,45,47-50H2,1-5H3,(H-,54,57,58,59)/b10-8-,16-14-,19-18-,22-21-,25-24-,28-27-,31-30-,46-44+. The Bertz CT molecular complexity index is 1330. The van der Waals surface area contributed by atoms with Crippen LogP contribution in [0.25, 0.3) is 0 Å². The molecular weight excluding hydrogens is 792 g/mol. The van der Waals surface area contributed by atoms with Crippen molar-refractivity contribution in [2.24, 2.45) is 0 Å². The van der Waals surface area contributed by atoms with Crippen molar-refractivity contribution in [3.8, 4) is 0 Å². The Hall–Kier alpha value is -2.58. The van der Waals surface area contributed by atoms with Gasteiger partial charge in [-0.3, -0.25) is 9.36 Å². The molecule has 0 aromatic rings. The number of aliphatic hydroxyl groups excluding tert-OH is 1. The van der Waals surface area contributed by atoms with Gasteiger partial charge in [-0.05, 0) is 77.0 Å². The Labute approximate surface area is 381 Å². The van der Waals surface area contributed by atoms with Crippen LogP contribution in [0.3, 0.4) is 0 Å². The summed E-state index contributed by atoms with van der Waals surface area (Å²) in [6, 6.07) is -0.893. The molecule has 356 valence electrons. The van der Waals surface area contributed by atoms with E-state index in [1.165, 1.54) is 70.6 Å². The van der Waals surface area contributed by atoms with Crippen LogP contribution in [0.4, 0.5) is 0 Å². The van der Waals surface area contributed by atoms with Gasteiger partial charge < -0.3 is 28.8 Å². The normalized spacial score (nSPS) is 15.0. The van der Waals surface area contributed by atoms with E-state index in [-0.39, 0.29) is 19.1 Å². The minimum Gasteiger partial charge on any atom is -0.756 e. The second-order valence-corrected chi connectivity index (χ2v) is 18.8. The van der Waals surface area contributed by atoms with Gasteiger partial charge in [-0.2, -0.15) is 0 Å². The highest BCUT2D eigenvalue weighted by atomic mass is 31.2. The molecule has 0 aromatic carbocycles. The van der Waals surface area contributed by atoms with Crippen LogP contribution < -0.4 is 10.2 Å². The SMILES string of the molecule is CC/C=C\C/C=C\C/C=C\C/C=C\C/C=C\C/C=C\C/C=C\CCCCCCCCCCCC(=O)NC(COP(=O)([O-])OCC[N+](C)(C)C)C(O)/C=C/CCCCCCCCC. The van der Waals surface area contributed by atoms with Crippen molar-refractivity contribution in [3.63, 3.8) is 0 Å². The van der Waals surface area contributed by atoms with E-state index >= 15 is 0 Å². The Morgan fingerprint density at radius 2 is 0.984 bits per heavy atom. The highest BCUT2D eigenvalue weighted by Gasteiger charge is 2.23. The molecule has 62 heavy (non-hydrogen) atoms. The van der Waals surface area contributed by atoms with Crippen LogP contribution in [-0.4, -0.2) is 68.5 Å². The Kier molecular flexibility index (Phi) is 41.8. The summed E-state index contributed by atoms with van der Waals surface area (Å²) in [5.41, 5.74) is 0. The highest BCUT2D eigenvalue weighted by Crippen LogP contribution is 2.38. The number of rotatable bonds is 43. The third-order valence-electron chi connectivity index (χ3n) is 10.3. The monoisotopic (exact) mass is 885 g/mol. The van der Waals surface area contributed by atoms with E-state index in [0.29, 0.717) is 17.4 Å². The molecule has 3 atom stereocenters. The molecule has 3 unspecified atom stereocenters. The van der Waals surface area contributed by atoms with Crippen LogP contribution >= 0.6 is 7.82 Å². The number of hydrogen-bond donors (Lipinski definition) is 2. The van der Waals surface area contributed by atoms with Crippen molar-refractivity contribution in [3.05, 3.63) is 97.2 Å². The van der Waals surface area contributed by atoms with E-state index in [1.807, 2.05) is 27.2 Å². The molecule has 0 heterocycles. The number of allylic oxidation sites excluding steroid dienone is 15. The first-order chi connectivity index (χ1) is 30.0. The van der Waals surface area contributed by atoms with Gasteiger partial charge in [0.25, 0.3) is 7.82 Å². The number of carbonyl (C=O) groups excluding carboxylic acids is 1. The first-order valence-electron chi connectivity index (χ1n) is 24.6. The van der Waals surface area contributed by atoms with Crippen LogP contribution in [0.15, 0.2) is 97.2 Å². The maximum absolute atomic E-state index is 12.9. The zero-order valence-corrected chi connectivity index (χ0v) is 41.2. The van der Waals surface area contributed by atoms with E-state index in [9.17, 15) is 19.4 Å². The van der Waals surface area contributed by atoms with Gasteiger partial charge in [-0.25, -0.2) is 0 Å². The highest BCUT2D eigenvalue weighted by molar-refractivity contribution is 7.45. The summed E-state index contributed by atoms with van der Waals surface area (Å²) in [7, 11) is 1.24. The second-order valence-electron chi connectivity index (χ2n) is 17.4. The number of unbranched alkanes of at least 4 members (excludes halogenated alkanes) is 16. The molecule has 0 rings (SSSR count). The summed E-state index contributed by atoms with van der Waals surface area (Å²) in [6.45, 7) is 4.47. The molecule has 0 spiro atoms. The van der Waals surface area contributed by atoms with Crippen molar-refractivity contribution in [2.75, 3.05) is 40.9 Å². The fourth-order valence-electron chi connectivity index (χ4n) is 6.42. The average molecular weight is 885 g/mol. The van der Waals surface area contributed by atoms with Crippen molar-refractivity contribution in [1.29, 1.82) is 0 Å². The molecule has 0 aromatic heterocycles. The summed E-state index contributed by atoms with van der Waals surface area (Å²) < 4.78 is 23.1. The van der Waals surface area contributed by atoms with Crippen LogP contribution in [0.2, 0.25) is 0 Å². The maximum atomic E-state index is 12.9. The maximum Gasteiger partial charge on any atom is 0.268 e. The molecular formula is C53H93N2O6P. The molecule has 0 aliphatic carbocycles. The number of phosphoric ester groups is 1. The number of phosphoric acid groups is 1. The fraction of sp³-hybridized carbons (Fsp3) is 0.679. The first-order valence-corrected chi connectivity index (χ1v) is 26.1. The zero-order chi connectivity index (χ0) is 45.7. The number of carbonyl (C=O) groups is 1. The van der Waals surface area contributed by atoms with Gasteiger partial charge in [-0.1, -0.05) is 195 Å². The van der Waals surface area contributed by atoms with Gasteiger partial charge in [-0.15, -0.1) is 0 Å². The van der Waals surface area contributed by atoms with E-state index in [1.54, 1.807) is 6.08 Å². The van der Waals surface area contributed by atoms with E-state index in [4.69, 9.17) is 9.05 Å². The minimum atomic E-state index is -4.59. The van der Waals surface area contributed by atoms with E-state index in [2.05, 4.69) is 104 Å². The molecule has 0 saturated heterocycles. The third kappa shape index (κ3) is 45.4. The van der Waals surface area contributed by atoms with Crippen molar-refractivity contribution < 1.29 is 32.9 Å². The van der Waals surface area contributed by atoms with Gasteiger partial charge in [0.05, 0.1) is 39.9 Å². The summed E-state index contributed by atoms with van der Waals surface area (Å²) in [5.74, 6) is -0.212. The molecule has 0 fully saturated rings. The Morgan fingerprint density at radius 3 is 1.44 bits per heavy atom. The van der Waals surface area contributed by atoms with Gasteiger partial charge in [0, 0.05) is 6.42 Å². The Morgan fingerprint density at radius 1 is 0.581 bits per heavy atom. The molecule has 0 saturated carbocycles. The smallest absolute Gasteiger partial charge is 0.268 e. The number of amides is 1. The number of likely N-dealkylation sites (N-methyl/N-ethyl adjacent to an activating group) is 1. The predicted octanol–water partition coefficient (Wildman–Crippen LogP) is 13.7. The first kappa shape index (κ1) is 59.4. The van der Waals surface area contributed by atoms with Gasteiger partial charge in [0.2, 0.25) is 5.91 Å². The number of nitrogens with zero attached hydrogens (tertiary/aromatic N) is 1. The number of hydrogen-bond acceptors (Lipinski definition) is 6. The molecule has 9 heteroatoms. The molecule has 1 amide bonds. The molecule has 8 nitrogen and oxygen atoms in total. The van der Waals surface area contributed by atoms with Crippen molar-refractivity contribution >= 4 is 13.7 Å². The lowest BCUT2D eigenvalue weighted by Crippen LogP contribution is -2.45. The van der Waals surface area contributed by atoms with Crippen molar-refractivity contribution in [2.45, 2.75) is 193 Å². The molecule has 0 aliphatic rings.